The predicted molar refractivity (Wildman–Crippen MR) is 108 cm³/mol. The van der Waals surface area contributed by atoms with Crippen LogP contribution in [0.15, 0.2) is 0 Å². The van der Waals surface area contributed by atoms with Crippen LogP contribution in [-0.2, 0) is 13.3 Å². The average Bonchev–Trinajstić information content (AvgIpc) is 2.31. The molecule has 3 nitrogen and oxygen atoms in total. The molecule has 0 aliphatic heterocycles. The zero-order valence-electron chi connectivity index (χ0n) is 17.8. The number of ether oxygens (including phenoxy) is 1. The van der Waals surface area contributed by atoms with Crippen molar-refractivity contribution < 1.29 is 13.3 Å². The second-order valence-corrected chi connectivity index (χ2v) is 18.2. The van der Waals surface area contributed by atoms with Crippen LogP contribution in [0.4, 0.5) is 0 Å². The van der Waals surface area contributed by atoms with Crippen molar-refractivity contribution in [2.24, 2.45) is 5.92 Å². The SMILES string of the molecule is CC(C)(C)OC(C)(CCC1CCCCC1)O[Si](C)(C)O[Si](C)(C)C. The molecule has 0 aromatic heterocycles. The first-order valence-corrected chi connectivity index (χ1v) is 16.0. The maximum Gasteiger partial charge on any atom is 0.323 e. The first kappa shape index (κ1) is 22.4. The van der Waals surface area contributed by atoms with Gasteiger partial charge in [0.15, 0.2) is 14.1 Å². The van der Waals surface area contributed by atoms with E-state index in [9.17, 15) is 0 Å². The Kier molecular flexibility index (Phi) is 7.77. The Labute approximate surface area is 153 Å². The minimum absolute atomic E-state index is 0.217. The van der Waals surface area contributed by atoms with E-state index in [0.717, 1.165) is 12.3 Å². The van der Waals surface area contributed by atoms with E-state index in [1.807, 2.05) is 0 Å². The van der Waals surface area contributed by atoms with Crippen LogP contribution in [0.25, 0.3) is 0 Å². The largest absolute Gasteiger partial charge is 0.436 e. The average molecular weight is 375 g/mol. The standard InChI is InChI=1S/C19H42O3Si2/c1-18(2,3)20-19(4,16-15-17-13-11-10-12-14-17)21-24(8,9)22-23(5,6)7/h17H,10-16H2,1-9H3. The Morgan fingerprint density at radius 3 is 1.88 bits per heavy atom. The fourth-order valence-corrected chi connectivity index (χ4v) is 11.2. The van der Waals surface area contributed by atoms with E-state index < -0.39 is 22.7 Å². The van der Waals surface area contributed by atoms with Gasteiger partial charge in [-0.1, -0.05) is 32.1 Å². The third kappa shape index (κ3) is 9.71. The summed E-state index contributed by atoms with van der Waals surface area (Å²) in [5.74, 6) is 0.290. The van der Waals surface area contributed by atoms with Crippen LogP contribution in [0.5, 0.6) is 0 Å². The van der Waals surface area contributed by atoms with Crippen LogP contribution < -0.4 is 0 Å². The van der Waals surface area contributed by atoms with E-state index in [-0.39, 0.29) is 5.60 Å². The van der Waals surface area contributed by atoms with Crippen LogP contribution in [0.3, 0.4) is 0 Å². The summed E-state index contributed by atoms with van der Waals surface area (Å²) in [6.07, 6.45) is 9.09. The highest BCUT2D eigenvalue weighted by atomic mass is 28.4. The number of rotatable bonds is 8. The van der Waals surface area contributed by atoms with Gasteiger partial charge in [0.05, 0.1) is 5.60 Å². The Balaban J connectivity index is 2.76. The molecule has 1 fully saturated rings. The highest BCUT2D eigenvalue weighted by molar-refractivity contribution is 6.81. The lowest BCUT2D eigenvalue weighted by atomic mass is 9.85. The van der Waals surface area contributed by atoms with Crippen LogP contribution in [0.1, 0.15) is 72.6 Å². The van der Waals surface area contributed by atoms with E-state index in [4.69, 9.17) is 13.3 Å². The van der Waals surface area contributed by atoms with E-state index in [0.29, 0.717) is 0 Å². The molecule has 1 saturated carbocycles. The third-order valence-corrected chi connectivity index (χ3v) is 9.61. The van der Waals surface area contributed by atoms with Gasteiger partial charge in [-0.05, 0) is 72.8 Å². The van der Waals surface area contributed by atoms with E-state index in [1.165, 1.54) is 38.5 Å². The van der Waals surface area contributed by atoms with Gasteiger partial charge < -0.3 is 13.3 Å². The Morgan fingerprint density at radius 2 is 1.42 bits per heavy atom. The summed E-state index contributed by atoms with van der Waals surface area (Å²) >= 11 is 0. The summed E-state index contributed by atoms with van der Waals surface area (Å²) in [7, 11) is -3.85. The smallest absolute Gasteiger partial charge is 0.323 e. The minimum atomic E-state index is -2.22. The first-order chi connectivity index (χ1) is 10.7. The van der Waals surface area contributed by atoms with Crippen molar-refractivity contribution in [2.45, 2.75) is 117 Å². The molecule has 1 aliphatic carbocycles. The lowest BCUT2D eigenvalue weighted by molar-refractivity contribution is -0.239. The van der Waals surface area contributed by atoms with Gasteiger partial charge in [0, 0.05) is 6.42 Å². The summed E-state index contributed by atoms with van der Waals surface area (Å²) in [4.78, 5) is 0. The molecule has 0 spiro atoms. The van der Waals surface area contributed by atoms with E-state index in [2.05, 4.69) is 60.4 Å². The van der Waals surface area contributed by atoms with Crippen LogP contribution in [0.2, 0.25) is 32.7 Å². The van der Waals surface area contributed by atoms with Crippen molar-refractivity contribution in [1.82, 2.24) is 0 Å². The molecule has 0 amide bonds. The molecule has 5 heteroatoms. The van der Waals surface area contributed by atoms with Crippen LogP contribution >= 0.6 is 0 Å². The van der Waals surface area contributed by atoms with Gasteiger partial charge in [0.2, 0.25) is 0 Å². The molecule has 1 rings (SSSR count). The molecule has 0 N–H and O–H groups in total. The molecule has 0 heterocycles. The van der Waals surface area contributed by atoms with Gasteiger partial charge in [-0.25, -0.2) is 0 Å². The van der Waals surface area contributed by atoms with Crippen molar-refractivity contribution in [3.8, 4) is 0 Å². The molecule has 0 aromatic rings. The Morgan fingerprint density at radius 1 is 0.875 bits per heavy atom. The maximum absolute atomic E-state index is 6.60. The molecule has 24 heavy (non-hydrogen) atoms. The molecule has 144 valence electrons. The summed E-state index contributed by atoms with van der Waals surface area (Å²) in [5.41, 5.74) is -0.217. The van der Waals surface area contributed by atoms with Gasteiger partial charge in [-0.15, -0.1) is 0 Å². The highest BCUT2D eigenvalue weighted by Gasteiger charge is 2.41. The number of hydrogen-bond donors (Lipinski definition) is 0. The Bertz CT molecular complexity index is 379. The van der Waals surface area contributed by atoms with E-state index >= 15 is 0 Å². The molecule has 1 unspecified atom stereocenters. The molecule has 1 aliphatic rings. The van der Waals surface area contributed by atoms with Crippen molar-refractivity contribution >= 4 is 16.9 Å². The molecule has 0 radical (unpaired) electrons. The predicted octanol–water partition coefficient (Wildman–Crippen LogP) is 6.45. The lowest BCUT2D eigenvalue weighted by Crippen LogP contribution is -2.53. The molecule has 0 bridgehead atoms. The van der Waals surface area contributed by atoms with Gasteiger partial charge in [0.1, 0.15) is 0 Å². The molecule has 0 aromatic carbocycles. The normalized spacial score (nSPS) is 20.9. The summed E-state index contributed by atoms with van der Waals surface area (Å²) in [5, 5.41) is 0. The highest BCUT2D eigenvalue weighted by Crippen LogP contribution is 2.35. The van der Waals surface area contributed by atoms with Gasteiger partial charge in [-0.3, -0.25) is 0 Å². The second-order valence-electron chi connectivity index (χ2n) is 10.1. The monoisotopic (exact) mass is 374 g/mol. The van der Waals surface area contributed by atoms with Crippen molar-refractivity contribution in [3.05, 3.63) is 0 Å². The fourth-order valence-electron chi connectivity index (χ4n) is 3.99. The van der Waals surface area contributed by atoms with Crippen LogP contribution in [-0.4, -0.2) is 28.3 Å². The van der Waals surface area contributed by atoms with Gasteiger partial charge in [0.25, 0.3) is 0 Å². The lowest BCUT2D eigenvalue weighted by Gasteiger charge is -2.43. The molecular formula is C19H42O3Si2. The summed E-state index contributed by atoms with van der Waals surface area (Å²) in [6, 6.07) is 0. The first-order valence-electron chi connectivity index (χ1n) is 9.80. The minimum Gasteiger partial charge on any atom is -0.436 e. The van der Waals surface area contributed by atoms with Crippen molar-refractivity contribution in [2.75, 3.05) is 0 Å². The topological polar surface area (TPSA) is 27.7 Å². The molecular weight excluding hydrogens is 332 g/mol. The third-order valence-electron chi connectivity index (χ3n) is 4.27. The van der Waals surface area contributed by atoms with E-state index in [1.54, 1.807) is 0 Å². The summed E-state index contributed by atoms with van der Waals surface area (Å²) < 4.78 is 19.4. The second kappa shape index (κ2) is 8.34. The number of hydrogen-bond acceptors (Lipinski definition) is 3. The van der Waals surface area contributed by atoms with Gasteiger partial charge >= 0.3 is 8.56 Å². The zero-order valence-corrected chi connectivity index (χ0v) is 19.8. The fraction of sp³-hybridized carbons (Fsp3) is 1.00. The van der Waals surface area contributed by atoms with Crippen molar-refractivity contribution in [1.29, 1.82) is 0 Å². The summed E-state index contributed by atoms with van der Waals surface area (Å²) in [6.45, 7) is 19.5. The van der Waals surface area contributed by atoms with Crippen LogP contribution in [0, 0.1) is 5.92 Å². The Hall–Kier alpha value is 0.314. The zero-order chi connectivity index (χ0) is 18.6. The molecule has 1 atom stereocenters. The maximum atomic E-state index is 6.60. The molecule has 0 saturated heterocycles. The van der Waals surface area contributed by atoms with Crippen molar-refractivity contribution in [3.63, 3.8) is 0 Å². The quantitative estimate of drug-likeness (QED) is 0.361. The van der Waals surface area contributed by atoms with Gasteiger partial charge in [-0.2, -0.15) is 0 Å².